The van der Waals surface area contributed by atoms with Gasteiger partial charge in [-0.05, 0) is 37.0 Å². The number of rotatable bonds is 3. The van der Waals surface area contributed by atoms with Crippen LogP contribution in [-0.2, 0) is 4.79 Å². The van der Waals surface area contributed by atoms with Gasteiger partial charge in [0.25, 0.3) is 0 Å². The van der Waals surface area contributed by atoms with Crippen LogP contribution in [0.5, 0.6) is 0 Å². The number of fused-ring (bicyclic) bond motifs is 1. The van der Waals surface area contributed by atoms with Gasteiger partial charge in [0.15, 0.2) is 11.5 Å². The van der Waals surface area contributed by atoms with E-state index in [2.05, 4.69) is 27.8 Å². The molecule has 1 aromatic carbocycles. The van der Waals surface area contributed by atoms with Crippen LogP contribution in [0.1, 0.15) is 38.0 Å². The second-order valence-corrected chi connectivity index (χ2v) is 6.38. The molecule has 20 heavy (non-hydrogen) atoms. The van der Waals surface area contributed by atoms with Gasteiger partial charge in [0.2, 0.25) is 0 Å². The molecular formula is C15H16BrNO3. The summed E-state index contributed by atoms with van der Waals surface area (Å²) in [6.45, 7) is 2.11. The van der Waals surface area contributed by atoms with Crippen molar-refractivity contribution in [1.29, 1.82) is 0 Å². The Kier molecular flexibility index (Phi) is 3.54. The van der Waals surface area contributed by atoms with Crippen molar-refractivity contribution in [3.63, 3.8) is 0 Å². The van der Waals surface area contributed by atoms with Crippen LogP contribution >= 0.6 is 15.9 Å². The Bertz CT molecular complexity index is 652. The zero-order valence-corrected chi connectivity index (χ0v) is 12.8. The summed E-state index contributed by atoms with van der Waals surface area (Å²) in [5.74, 6) is -0.209. The van der Waals surface area contributed by atoms with Gasteiger partial charge in [-0.3, -0.25) is 4.79 Å². The summed E-state index contributed by atoms with van der Waals surface area (Å²) in [5.41, 5.74) is 1.49. The molecule has 1 heterocycles. The van der Waals surface area contributed by atoms with Crippen molar-refractivity contribution in [1.82, 2.24) is 4.98 Å². The molecule has 1 aliphatic rings. The predicted molar refractivity (Wildman–Crippen MR) is 78.6 cm³/mol. The van der Waals surface area contributed by atoms with Gasteiger partial charge in [0, 0.05) is 10.4 Å². The number of halogens is 1. The topological polar surface area (TPSA) is 63.3 Å². The maximum atomic E-state index is 11.4. The van der Waals surface area contributed by atoms with Crippen LogP contribution in [-0.4, -0.2) is 16.1 Å². The third-order valence-electron chi connectivity index (χ3n) is 4.24. The maximum Gasteiger partial charge on any atom is 0.307 e. The van der Waals surface area contributed by atoms with Crippen molar-refractivity contribution in [2.24, 2.45) is 11.8 Å². The van der Waals surface area contributed by atoms with Gasteiger partial charge in [-0.25, -0.2) is 4.98 Å². The first kappa shape index (κ1) is 13.6. The van der Waals surface area contributed by atoms with E-state index >= 15 is 0 Å². The van der Waals surface area contributed by atoms with Gasteiger partial charge in [0.05, 0.1) is 5.92 Å². The molecule has 3 atom stereocenters. The van der Waals surface area contributed by atoms with Gasteiger partial charge < -0.3 is 9.52 Å². The Morgan fingerprint density at radius 1 is 1.50 bits per heavy atom. The number of benzene rings is 1. The lowest BCUT2D eigenvalue weighted by Crippen LogP contribution is -2.17. The largest absolute Gasteiger partial charge is 0.481 e. The van der Waals surface area contributed by atoms with E-state index in [-0.39, 0.29) is 11.8 Å². The molecule has 0 radical (unpaired) electrons. The highest BCUT2D eigenvalue weighted by Crippen LogP contribution is 2.44. The van der Waals surface area contributed by atoms with E-state index in [1.54, 1.807) is 0 Å². The number of hydrogen-bond donors (Lipinski definition) is 1. The second-order valence-electron chi connectivity index (χ2n) is 5.46. The second kappa shape index (κ2) is 5.20. The molecule has 3 rings (SSSR count). The maximum absolute atomic E-state index is 11.4. The first-order valence-corrected chi connectivity index (χ1v) is 7.66. The first-order valence-electron chi connectivity index (χ1n) is 6.87. The van der Waals surface area contributed by atoms with E-state index in [0.29, 0.717) is 17.4 Å². The fraction of sp³-hybridized carbons (Fsp3) is 0.467. The lowest BCUT2D eigenvalue weighted by molar-refractivity contribution is -0.142. The van der Waals surface area contributed by atoms with E-state index in [0.717, 1.165) is 29.3 Å². The smallest absolute Gasteiger partial charge is 0.307 e. The molecule has 0 saturated heterocycles. The molecule has 106 valence electrons. The zero-order valence-electron chi connectivity index (χ0n) is 11.2. The lowest BCUT2D eigenvalue weighted by Gasteiger charge is -2.10. The summed E-state index contributed by atoms with van der Waals surface area (Å²) in [7, 11) is 0. The van der Waals surface area contributed by atoms with Crippen molar-refractivity contribution in [2.75, 3.05) is 0 Å². The monoisotopic (exact) mass is 337 g/mol. The molecule has 1 N–H and O–H groups in total. The first-order chi connectivity index (χ1) is 9.58. The number of aromatic nitrogens is 1. The third-order valence-corrected chi connectivity index (χ3v) is 4.73. The normalized spacial score (nSPS) is 26.2. The van der Waals surface area contributed by atoms with Gasteiger partial charge in [-0.2, -0.15) is 0 Å². The number of oxazole rings is 1. The summed E-state index contributed by atoms with van der Waals surface area (Å²) >= 11 is 3.41. The zero-order chi connectivity index (χ0) is 14.3. The number of carboxylic acids is 1. The van der Waals surface area contributed by atoms with Gasteiger partial charge in [0.1, 0.15) is 5.52 Å². The van der Waals surface area contributed by atoms with Crippen LogP contribution < -0.4 is 0 Å². The van der Waals surface area contributed by atoms with Gasteiger partial charge >= 0.3 is 5.97 Å². The quantitative estimate of drug-likeness (QED) is 0.911. The molecular weight excluding hydrogens is 322 g/mol. The number of carboxylic acid groups (broad SMARTS) is 1. The molecule has 0 aliphatic heterocycles. The van der Waals surface area contributed by atoms with Crippen molar-refractivity contribution in [3.8, 4) is 0 Å². The Hall–Kier alpha value is -1.36. The average Bonchev–Trinajstić information content (AvgIpc) is 3.00. The van der Waals surface area contributed by atoms with Crippen molar-refractivity contribution < 1.29 is 14.3 Å². The van der Waals surface area contributed by atoms with Gasteiger partial charge in [-0.15, -0.1) is 0 Å². The van der Waals surface area contributed by atoms with Crippen LogP contribution in [0.2, 0.25) is 0 Å². The van der Waals surface area contributed by atoms with Crippen LogP contribution in [0.3, 0.4) is 0 Å². The van der Waals surface area contributed by atoms with E-state index in [1.807, 2.05) is 18.2 Å². The van der Waals surface area contributed by atoms with Crippen LogP contribution in [0.15, 0.2) is 27.1 Å². The van der Waals surface area contributed by atoms with Crippen LogP contribution in [0, 0.1) is 11.8 Å². The van der Waals surface area contributed by atoms with Crippen LogP contribution in [0.25, 0.3) is 11.1 Å². The molecule has 4 nitrogen and oxygen atoms in total. The molecule has 1 aromatic heterocycles. The molecule has 0 spiro atoms. The van der Waals surface area contributed by atoms with Crippen LogP contribution in [0.4, 0.5) is 0 Å². The molecule has 1 aliphatic carbocycles. The van der Waals surface area contributed by atoms with Crippen molar-refractivity contribution in [2.45, 2.75) is 32.1 Å². The molecule has 1 fully saturated rings. The number of nitrogens with zero attached hydrogens (tertiary/aromatic N) is 1. The fourth-order valence-corrected chi connectivity index (χ4v) is 3.45. The highest BCUT2D eigenvalue weighted by atomic mass is 79.9. The van der Waals surface area contributed by atoms with Crippen molar-refractivity contribution in [3.05, 3.63) is 28.6 Å². The molecule has 0 bridgehead atoms. The lowest BCUT2D eigenvalue weighted by atomic mass is 9.96. The van der Waals surface area contributed by atoms with E-state index < -0.39 is 5.97 Å². The Morgan fingerprint density at radius 3 is 3.00 bits per heavy atom. The molecule has 2 aromatic rings. The summed E-state index contributed by atoms with van der Waals surface area (Å²) in [6.07, 6.45) is 2.58. The minimum absolute atomic E-state index is 0.108. The minimum Gasteiger partial charge on any atom is -0.481 e. The molecule has 3 unspecified atom stereocenters. The highest BCUT2D eigenvalue weighted by Gasteiger charge is 2.41. The van der Waals surface area contributed by atoms with E-state index in [1.165, 1.54) is 0 Å². The third kappa shape index (κ3) is 2.35. The van der Waals surface area contributed by atoms with E-state index in [9.17, 15) is 9.90 Å². The standard InChI is InChI=1S/C15H16BrNO3/c1-2-8-5-10(11(6-8)15(18)19)14-17-12-7-9(16)3-4-13(12)20-14/h3-4,7-8,10-11H,2,5-6H2,1H3,(H,18,19). The summed E-state index contributed by atoms with van der Waals surface area (Å²) in [5, 5.41) is 9.40. The Labute approximate surface area is 125 Å². The average molecular weight is 338 g/mol. The van der Waals surface area contributed by atoms with Crippen molar-refractivity contribution >= 4 is 33.0 Å². The SMILES string of the molecule is CCC1CC(C(=O)O)C(c2nc3cc(Br)ccc3o2)C1. The summed E-state index contributed by atoms with van der Waals surface area (Å²) < 4.78 is 6.73. The van der Waals surface area contributed by atoms with E-state index in [4.69, 9.17) is 4.42 Å². The molecule has 5 heteroatoms. The summed E-state index contributed by atoms with van der Waals surface area (Å²) in [6, 6.07) is 5.65. The number of aliphatic carboxylic acids is 1. The fourth-order valence-electron chi connectivity index (χ4n) is 3.10. The number of carbonyl (C=O) groups is 1. The predicted octanol–water partition coefficient (Wildman–Crippen LogP) is 4.19. The highest BCUT2D eigenvalue weighted by molar-refractivity contribution is 9.10. The Morgan fingerprint density at radius 2 is 2.30 bits per heavy atom. The minimum atomic E-state index is -0.741. The Balaban J connectivity index is 1.98. The van der Waals surface area contributed by atoms with Gasteiger partial charge in [-0.1, -0.05) is 29.3 Å². The summed E-state index contributed by atoms with van der Waals surface area (Å²) in [4.78, 5) is 15.9. The number of hydrogen-bond acceptors (Lipinski definition) is 3. The molecule has 0 amide bonds. The molecule has 1 saturated carbocycles.